The van der Waals surface area contributed by atoms with Crippen LogP contribution in [0, 0.1) is 15.9 Å². The van der Waals surface area contributed by atoms with Gasteiger partial charge in [0.2, 0.25) is 0 Å². The third kappa shape index (κ3) is 3.40. The zero-order valence-electron chi connectivity index (χ0n) is 12.6. The highest BCUT2D eigenvalue weighted by Crippen LogP contribution is 2.30. The molecule has 1 heterocycles. The highest BCUT2D eigenvalue weighted by Gasteiger charge is 2.35. The number of amides is 1. The summed E-state index contributed by atoms with van der Waals surface area (Å²) in [7, 11) is 0. The van der Waals surface area contributed by atoms with E-state index in [0.29, 0.717) is 6.54 Å². The number of likely N-dealkylation sites (tertiary alicyclic amines) is 1. The maximum atomic E-state index is 13.4. The Labute approximate surface area is 133 Å². The summed E-state index contributed by atoms with van der Waals surface area (Å²) in [5.41, 5.74) is -0.501. The topological polar surface area (TPSA) is 63.5 Å². The van der Waals surface area contributed by atoms with Crippen LogP contribution in [0.1, 0.15) is 37.0 Å². The van der Waals surface area contributed by atoms with E-state index in [2.05, 4.69) is 13.8 Å². The molecule has 1 saturated heterocycles. The monoisotopic (exact) mass is 326 g/mol. The molecule has 1 unspecified atom stereocenters. The summed E-state index contributed by atoms with van der Waals surface area (Å²) >= 11 is 1.76. The number of hydrogen-bond acceptors (Lipinski definition) is 4. The maximum Gasteiger partial charge on any atom is 0.282 e. The lowest BCUT2D eigenvalue weighted by Gasteiger charge is -2.29. The van der Waals surface area contributed by atoms with Gasteiger partial charge in [-0.15, -0.1) is 0 Å². The van der Waals surface area contributed by atoms with Crippen molar-refractivity contribution in [2.45, 2.75) is 38.0 Å². The average molecular weight is 326 g/mol. The number of hydrogen-bond donors (Lipinski definition) is 0. The number of nitro groups is 1. The van der Waals surface area contributed by atoms with Crippen LogP contribution in [-0.4, -0.2) is 39.3 Å². The van der Waals surface area contributed by atoms with Gasteiger partial charge in [-0.2, -0.15) is 11.8 Å². The molecule has 5 nitrogen and oxygen atoms in total. The first-order valence-corrected chi connectivity index (χ1v) is 8.37. The van der Waals surface area contributed by atoms with E-state index in [1.165, 1.54) is 0 Å². The van der Waals surface area contributed by atoms with E-state index >= 15 is 0 Å². The lowest BCUT2D eigenvalue weighted by molar-refractivity contribution is -0.385. The molecule has 0 radical (unpaired) electrons. The molecule has 0 bridgehead atoms. The van der Waals surface area contributed by atoms with Gasteiger partial charge in [-0.1, -0.05) is 13.8 Å². The van der Waals surface area contributed by atoms with Gasteiger partial charge < -0.3 is 4.90 Å². The minimum atomic E-state index is -0.638. The van der Waals surface area contributed by atoms with Gasteiger partial charge in [-0.25, -0.2) is 4.39 Å². The molecule has 0 aliphatic carbocycles. The first-order valence-electron chi connectivity index (χ1n) is 7.32. The molecule has 1 fully saturated rings. The molecule has 0 aromatic heterocycles. The van der Waals surface area contributed by atoms with Crippen LogP contribution in [0.4, 0.5) is 10.1 Å². The molecule has 22 heavy (non-hydrogen) atoms. The molecule has 120 valence electrons. The van der Waals surface area contributed by atoms with Crippen molar-refractivity contribution in [1.82, 2.24) is 4.90 Å². The van der Waals surface area contributed by atoms with Crippen molar-refractivity contribution in [3.63, 3.8) is 0 Å². The van der Waals surface area contributed by atoms with Gasteiger partial charge in [0.25, 0.3) is 11.6 Å². The molecule has 0 N–H and O–H groups in total. The standard InChI is InChI=1S/C15H19FN2O3S/c1-3-22-10(2)13-5-4-8-17(13)15(19)12-9-11(16)6-7-14(12)18(20)21/h6-7,9-10,13H,3-5,8H2,1-2H3/t10?,13-/m0/s1. The molecule has 7 heteroatoms. The number of benzene rings is 1. The van der Waals surface area contributed by atoms with Crippen molar-refractivity contribution in [2.24, 2.45) is 0 Å². The minimum absolute atomic E-state index is 0.0420. The molecule has 1 aromatic rings. The zero-order chi connectivity index (χ0) is 16.3. The normalized spacial score (nSPS) is 19.2. The van der Waals surface area contributed by atoms with Gasteiger partial charge in [0, 0.05) is 23.9 Å². The Morgan fingerprint density at radius 2 is 2.32 bits per heavy atom. The van der Waals surface area contributed by atoms with Gasteiger partial charge in [-0.05, 0) is 30.7 Å². The van der Waals surface area contributed by atoms with Crippen LogP contribution >= 0.6 is 11.8 Å². The van der Waals surface area contributed by atoms with E-state index in [4.69, 9.17) is 0 Å². The summed E-state index contributed by atoms with van der Waals surface area (Å²) < 4.78 is 13.4. The highest BCUT2D eigenvalue weighted by atomic mass is 32.2. The first kappa shape index (κ1) is 16.7. The summed E-state index contributed by atoms with van der Waals surface area (Å²) in [4.78, 5) is 24.8. The molecule has 1 amide bonds. The van der Waals surface area contributed by atoms with E-state index in [1.54, 1.807) is 16.7 Å². The van der Waals surface area contributed by atoms with Crippen LogP contribution < -0.4 is 0 Å². The first-order chi connectivity index (χ1) is 10.5. The summed E-state index contributed by atoms with van der Waals surface area (Å²) in [6.45, 7) is 4.68. The number of rotatable bonds is 5. The van der Waals surface area contributed by atoms with Gasteiger partial charge in [0.15, 0.2) is 0 Å². The zero-order valence-corrected chi connectivity index (χ0v) is 13.4. The Bertz CT molecular complexity index is 582. The largest absolute Gasteiger partial charge is 0.334 e. The van der Waals surface area contributed by atoms with E-state index in [0.717, 1.165) is 36.8 Å². The molecule has 2 rings (SSSR count). The number of halogens is 1. The number of nitrogens with zero attached hydrogens (tertiary/aromatic N) is 2. The highest BCUT2D eigenvalue weighted by molar-refractivity contribution is 7.99. The quantitative estimate of drug-likeness (QED) is 0.614. The van der Waals surface area contributed by atoms with Crippen molar-refractivity contribution >= 4 is 23.4 Å². The number of carbonyl (C=O) groups excluding carboxylic acids is 1. The van der Waals surface area contributed by atoms with Crippen molar-refractivity contribution < 1.29 is 14.1 Å². The molecule has 0 saturated carbocycles. The van der Waals surface area contributed by atoms with E-state index < -0.39 is 16.6 Å². The lowest BCUT2D eigenvalue weighted by Crippen LogP contribution is -2.40. The molecule has 1 aliphatic heterocycles. The maximum absolute atomic E-state index is 13.4. The molecular formula is C15H19FN2O3S. The third-order valence-corrected chi connectivity index (χ3v) is 5.09. The summed E-state index contributed by atoms with van der Waals surface area (Å²) in [5, 5.41) is 11.3. The van der Waals surface area contributed by atoms with Gasteiger partial charge in [-0.3, -0.25) is 14.9 Å². The lowest BCUT2D eigenvalue weighted by atomic mass is 10.1. The fourth-order valence-electron chi connectivity index (χ4n) is 2.90. The Hall–Kier alpha value is -1.63. The Morgan fingerprint density at radius 3 is 2.95 bits per heavy atom. The fourth-order valence-corrected chi connectivity index (χ4v) is 3.93. The second kappa shape index (κ2) is 7.09. The third-order valence-electron chi connectivity index (χ3n) is 3.92. The predicted octanol–water partition coefficient (Wildman–Crippen LogP) is 3.48. The van der Waals surface area contributed by atoms with Crippen LogP contribution in [0.2, 0.25) is 0 Å². The van der Waals surface area contributed by atoms with Crippen LogP contribution in [0.5, 0.6) is 0 Å². The van der Waals surface area contributed by atoms with Crippen molar-refractivity contribution in [3.8, 4) is 0 Å². The van der Waals surface area contributed by atoms with Gasteiger partial charge >= 0.3 is 0 Å². The SMILES string of the molecule is CCSC(C)[C@@H]1CCCN1C(=O)c1cc(F)ccc1[N+](=O)[O-]. The summed E-state index contributed by atoms with van der Waals surface area (Å²) in [6, 6.07) is 3.07. The molecule has 1 aromatic carbocycles. The van der Waals surface area contributed by atoms with Gasteiger partial charge in [0.1, 0.15) is 11.4 Å². The molecule has 2 atom stereocenters. The number of nitro benzene ring substituents is 1. The van der Waals surface area contributed by atoms with E-state index in [-0.39, 0.29) is 22.5 Å². The van der Waals surface area contributed by atoms with E-state index in [9.17, 15) is 19.3 Å². The summed E-state index contributed by atoms with van der Waals surface area (Å²) in [6.07, 6.45) is 1.75. The van der Waals surface area contributed by atoms with Crippen molar-refractivity contribution in [3.05, 3.63) is 39.7 Å². The molecule has 0 spiro atoms. The Kier molecular flexibility index (Phi) is 5.39. The Morgan fingerprint density at radius 1 is 1.59 bits per heavy atom. The molecular weight excluding hydrogens is 307 g/mol. The predicted molar refractivity (Wildman–Crippen MR) is 84.7 cm³/mol. The smallest absolute Gasteiger partial charge is 0.282 e. The fraction of sp³-hybridized carbons (Fsp3) is 0.533. The van der Waals surface area contributed by atoms with E-state index in [1.807, 2.05) is 0 Å². The van der Waals surface area contributed by atoms with Crippen molar-refractivity contribution in [1.29, 1.82) is 0 Å². The van der Waals surface area contributed by atoms with Gasteiger partial charge in [0.05, 0.1) is 4.92 Å². The number of carbonyl (C=O) groups is 1. The molecule has 1 aliphatic rings. The van der Waals surface area contributed by atoms with Crippen LogP contribution in [-0.2, 0) is 0 Å². The summed E-state index contributed by atoms with van der Waals surface area (Å²) in [5.74, 6) is -0.141. The number of thioether (sulfide) groups is 1. The van der Waals surface area contributed by atoms with Crippen LogP contribution in [0.15, 0.2) is 18.2 Å². The second-order valence-corrected chi connectivity index (χ2v) is 6.94. The second-order valence-electron chi connectivity index (χ2n) is 5.29. The Balaban J connectivity index is 2.31. The average Bonchev–Trinajstić information content (AvgIpc) is 2.95. The minimum Gasteiger partial charge on any atom is -0.334 e. The van der Waals surface area contributed by atoms with Crippen molar-refractivity contribution in [2.75, 3.05) is 12.3 Å². The van der Waals surface area contributed by atoms with Crippen LogP contribution in [0.25, 0.3) is 0 Å². The van der Waals surface area contributed by atoms with Crippen LogP contribution in [0.3, 0.4) is 0 Å².